The summed E-state index contributed by atoms with van der Waals surface area (Å²) in [5, 5.41) is 11.7. The van der Waals surface area contributed by atoms with Crippen molar-refractivity contribution in [2.45, 2.75) is 39.2 Å². The maximum Gasteiger partial charge on any atom is 0.357 e. The minimum absolute atomic E-state index is 0.0789. The maximum atomic E-state index is 10.6. The monoisotopic (exact) mass is 212 g/mol. The molecule has 0 aliphatic carbocycles. The zero-order valence-electron chi connectivity index (χ0n) is 9.20. The largest absolute Gasteiger partial charge is 0.476 e. The Labute approximate surface area is 88.5 Å². The van der Waals surface area contributed by atoms with Crippen LogP contribution < -0.4 is 5.32 Å². The highest BCUT2D eigenvalue weighted by atomic mass is 16.4. The van der Waals surface area contributed by atoms with E-state index in [1.165, 1.54) is 0 Å². The van der Waals surface area contributed by atoms with Gasteiger partial charge in [-0.15, -0.1) is 0 Å². The van der Waals surface area contributed by atoms with E-state index in [2.05, 4.69) is 17.2 Å². The lowest BCUT2D eigenvalue weighted by Crippen LogP contribution is -2.30. The van der Waals surface area contributed by atoms with Crippen LogP contribution in [0.4, 0.5) is 6.01 Å². The minimum atomic E-state index is -1.08. The van der Waals surface area contributed by atoms with E-state index < -0.39 is 5.97 Å². The number of hydrogen-bond donors (Lipinski definition) is 2. The highest BCUT2D eigenvalue weighted by Crippen LogP contribution is 2.18. The van der Waals surface area contributed by atoms with Gasteiger partial charge in [0.1, 0.15) is 6.26 Å². The normalized spacial score (nSPS) is 11.4. The van der Waals surface area contributed by atoms with Crippen LogP contribution in [-0.4, -0.2) is 21.6 Å². The first-order valence-corrected chi connectivity index (χ1v) is 4.91. The van der Waals surface area contributed by atoms with Crippen molar-refractivity contribution in [3.8, 4) is 0 Å². The molecule has 5 heteroatoms. The molecule has 0 aliphatic rings. The average Bonchev–Trinajstić information content (AvgIpc) is 2.51. The third-order valence-corrected chi connectivity index (χ3v) is 2.04. The first-order chi connectivity index (χ1) is 6.94. The molecule has 1 aromatic heterocycles. The van der Waals surface area contributed by atoms with Crippen LogP contribution in [0.1, 0.15) is 44.1 Å². The number of nitrogens with zero attached hydrogens (tertiary/aromatic N) is 1. The third-order valence-electron chi connectivity index (χ3n) is 2.04. The summed E-state index contributed by atoms with van der Waals surface area (Å²) in [6.45, 7) is 6.12. The lowest BCUT2D eigenvalue weighted by atomic mass is 9.99. The fourth-order valence-electron chi connectivity index (χ4n) is 1.41. The van der Waals surface area contributed by atoms with Gasteiger partial charge in [0.05, 0.1) is 0 Å². The van der Waals surface area contributed by atoms with E-state index >= 15 is 0 Å². The van der Waals surface area contributed by atoms with Crippen LogP contribution in [0, 0.1) is 0 Å². The van der Waals surface area contributed by atoms with Gasteiger partial charge in [-0.05, 0) is 20.3 Å². The van der Waals surface area contributed by atoms with Crippen molar-refractivity contribution in [2.75, 3.05) is 5.32 Å². The van der Waals surface area contributed by atoms with Gasteiger partial charge in [0.2, 0.25) is 0 Å². The van der Waals surface area contributed by atoms with Crippen LogP contribution in [0.5, 0.6) is 0 Å². The Morgan fingerprint density at radius 3 is 2.80 bits per heavy atom. The Hall–Kier alpha value is -1.52. The van der Waals surface area contributed by atoms with E-state index in [-0.39, 0.29) is 17.2 Å². The molecule has 1 heterocycles. The summed E-state index contributed by atoms with van der Waals surface area (Å²) in [6.07, 6.45) is 3.12. The Morgan fingerprint density at radius 1 is 1.67 bits per heavy atom. The lowest BCUT2D eigenvalue weighted by molar-refractivity contribution is 0.0690. The minimum Gasteiger partial charge on any atom is -0.476 e. The van der Waals surface area contributed by atoms with Crippen LogP contribution in [0.2, 0.25) is 0 Å². The molecule has 84 valence electrons. The van der Waals surface area contributed by atoms with Gasteiger partial charge in [0.15, 0.2) is 5.69 Å². The highest BCUT2D eigenvalue weighted by Gasteiger charge is 2.19. The van der Waals surface area contributed by atoms with Gasteiger partial charge in [0, 0.05) is 5.54 Å². The molecule has 1 rings (SSSR count). The van der Waals surface area contributed by atoms with E-state index in [0.29, 0.717) is 0 Å². The number of anilines is 1. The van der Waals surface area contributed by atoms with E-state index in [1.807, 2.05) is 13.8 Å². The van der Waals surface area contributed by atoms with Crippen molar-refractivity contribution in [2.24, 2.45) is 0 Å². The number of carboxylic acids is 1. The number of oxazole rings is 1. The average molecular weight is 212 g/mol. The van der Waals surface area contributed by atoms with E-state index in [0.717, 1.165) is 19.1 Å². The van der Waals surface area contributed by atoms with Gasteiger partial charge in [-0.3, -0.25) is 0 Å². The number of hydrogen-bond acceptors (Lipinski definition) is 4. The number of aromatic carboxylic acids is 1. The number of nitrogens with one attached hydrogen (secondary N) is 1. The third kappa shape index (κ3) is 3.27. The molecule has 0 aromatic carbocycles. The van der Waals surface area contributed by atoms with Crippen LogP contribution in [0.15, 0.2) is 10.7 Å². The molecule has 0 saturated carbocycles. The predicted octanol–water partition coefficient (Wildman–Crippen LogP) is 2.36. The van der Waals surface area contributed by atoms with Gasteiger partial charge >= 0.3 is 5.97 Å². The summed E-state index contributed by atoms with van der Waals surface area (Å²) in [4.78, 5) is 14.4. The van der Waals surface area contributed by atoms with Crippen molar-refractivity contribution >= 4 is 12.0 Å². The fourth-order valence-corrected chi connectivity index (χ4v) is 1.41. The second-order valence-corrected chi connectivity index (χ2v) is 4.10. The first kappa shape index (κ1) is 11.6. The number of rotatable bonds is 5. The Balaban J connectivity index is 2.68. The van der Waals surface area contributed by atoms with E-state index in [4.69, 9.17) is 9.52 Å². The summed E-state index contributed by atoms with van der Waals surface area (Å²) in [6, 6.07) is 0.255. The van der Waals surface area contributed by atoms with Crippen molar-refractivity contribution in [3.05, 3.63) is 12.0 Å². The molecule has 15 heavy (non-hydrogen) atoms. The van der Waals surface area contributed by atoms with E-state index in [9.17, 15) is 4.79 Å². The summed E-state index contributed by atoms with van der Waals surface area (Å²) >= 11 is 0. The zero-order chi connectivity index (χ0) is 11.5. The number of carbonyl (C=O) groups is 1. The van der Waals surface area contributed by atoms with Gasteiger partial charge in [-0.1, -0.05) is 13.3 Å². The molecule has 0 unspecified atom stereocenters. The van der Waals surface area contributed by atoms with Gasteiger partial charge in [-0.2, -0.15) is 4.98 Å². The zero-order valence-corrected chi connectivity index (χ0v) is 9.20. The summed E-state index contributed by atoms with van der Waals surface area (Å²) in [5.74, 6) is -1.08. The van der Waals surface area contributed by atoms with Gasteiger partial charge in [-0.25, -0.2) is 4.79 Å². The van der Waals surface area contributed by atoms with Crippen molar-refractivity contribution in [1.82, 2.24) is 4.98 Å². The smallest absolute Gasteiger partial charge is 0.357 e. The van der Waals surface area contributed by atoms with Gasteiger partial charge < -0.3 is 14.8 Å². The van der Waals surface area contributed by atoms with Crippen molar-refractivity contribution in [3.63, 3.8) is 0 Å². The lowest BCUT2D eigenvalue weighted by Gasteiger charge is -2.24. The van der Waals surface area contributed by atoms with Crippen LogP contribution in [0.25, 0.3) is 0 Å². The second-order valence-electron chi connectivity index (χ2n) is 4.10. The van der Waals surface area contributed by atoms with E-state index in [1.54, 1.807) is 0 Å². The highest BCUT2D eigenvalue weighted by molar-refractivity contribution is 5.85. The Kier molecular flexibility index (Phi) is 3.34. The molecule has 0 bridgehead atoms. The Morgan fingerprint density at radius 2 is 2.33 bits per heavy atom. The molecule has 5 nitrogen and oxygen atoms in total. The second kappa shape index (κ2) is 4.33. The molecule has 1 aromatic rings. The van der Waals surface area contributed by atoms with Gasteiger partial charge in [0.25, 0.3) is 6.01 Å². The summed E-state index contributed by atoms with van der Waals surface area (Å²) in [5.41, 5.74) is -0.222. The molecule has 2 N–H and O–H groups in total. The van der Waals surface area contributed by atoms with Crippen LogP contribution in [-0.2, 0) is 0 Å². The molecule has 0 aliphatic heterocycles. The molecule has 0 saturated heterocycles. The molecular weight excluding hydrogens is 196 g/mol. The maximum absolute atomic E-state index is 10.6. The SMILES string of the molecule is CCCC(C)(C)Nc1nc(C(=O)O)co1. The molecular formula is C10H16N2O3. The van der Waals surface area contributed by atoms with Crippen LogP contribution >= 0.6 is 0 Å². The molecule has 0 fully saturated rings. The van der Waals surface area contributed by atoms with Crippen LogP contribution in [0.3, 0.4) is 0 Å². The predicted molar refractivity (Wildman–Crippen MR) is 56.1 cm³/mol. The summed E-state index contributed by atoms with van der Waals surface area (Å²) in [7, 11) is 0. The molecule has 0 amide bonds. The number of aromatic nitrogens is 1. The Bertz CT molecular complexity index is 344. The summed E-state index contributed by atoms with van der Waals surface area (Å²) < 4.78 is 5.01. The molecule has 0 spiro atoms. The van der Waals surface area contributed by atoms with Crippen molar-refractivity contribution in [1.29, 1.82) is 0 Å². The molecule has 0 atom stereocenters. The molecule has 0 radical (unpaired) electrons. The first-order valence-electron chi connectivity index (χ1n) is 4.91. The quantitative estimate of drug-likeness (QED) is 0.783. The topological polar surface area (TPSA) is 75.4 Å². The fraction of sp³-hybridized carbons (Fsp3) is 0.600. The standard InChI is InChI=1S/C10H16N2O3/c1-4-5-10(2,3)12-9-11-7(6-15-9)8(13)14/h6H,4-5H2,1-3H3,(H,11,12)(H,13,14). The number of carboxylic acid groups (broad SMARTS) is 1. The van der Waals surface area contributed by atoms with Crippen molar-refractivity contribution < 1.29 is 14.3 Å².